The first kappa shape index (κ1) is 19.6. The van der Waals surface area contributed by atoms with E-state index in [2.05, 4.69) is 14.7 Å². The van der Waals surface area contributed by atoms with Crippen LogP contribution in [0.5, 0.6) is 0 Å². The van der Waals surface area contributed by atoms with Gasteiger partial charge in [-0.1, -0.05) is 6.07 Å². The number of anilines is 1. The Bertz CT molecular complexity index is 1150. The van der Waals surface area contributed by atoms with Crippen molar-refractivity contribution in [3.05, 3.63) is 72.1 Å². The number of benzene rings is 1. The number of halogens is 1. The van der Waals surface area contributed by atoms with Crippen LogP contribution in [0.3, 0.4) is 0 Å². The number of rotatable bonds is 6. The summed E-state index contributed by atoms with van der Waals surface area (Å²) in [5.74, 6) is -0.642. The monoisotopic (exact) mass is 399 g/mol. The van der Waals surface area contributed by atoms with Crippen LogP contribution < -0.4 is 4.72 Å². The Hall–Kier alpha value is -3.13. The summed E-state index contributed by atoms with van der Waals surface area (Å²) in [6, 6.07) is 9.93. The fraction of sp³-hybridized carbons (Fsp3) is 0.150. The molecule has 0 fully saturated rings. The van der Waals surface area contributed by atoms with E-state index in [1.54, 1.807) is 37.5 Å². The number of ketones is 1. The third-order valence-electron chi connectivity index (χ3n) is 4.02. The molecule has 0 spiro atoms. The number of aryl methyl sites for hydroxylation is 1. The summed E-state index contributed by atoms with van der Waals surface area (Å²) in [6.07, 6.45) is 3.42. The van der Waals surface area contributed by atoms with Crippen LogP contribution in [0, 0.1) is 12.7 Å². The minimum atomic E-state index is -3.97. The lowest BCUT2D eigenvalue weighted by Gasteiger charge is -2.12. The highest BCUT2D eigenvalue weighted by molar-refractivity contribution is 7.92. The molecule has 0 saturated heterocycles. The SMILES string of the molecule is CC(=O)Cc1cc(-c2cnc(C)c(NS(=O)(=O)c3cccc(F)c3)c2)ccn1. The molecule has 0 unspecified atom stereocenters. The number of sulfonamides is 1. The van der Waals surface area contributed by atoms with Crippen molar-refractivity contribution in [3.63, 3.8) is 0 Å². The average Bonchev–Trinajstić information content (AvgIpc) is 2.63. The molecule has 0 bridgehead atoms. The van der Waals surface area contributed by atoms with Gasteiger partial charge in [0.05, 0.1) is 16.3 Å². The molecule has 0 amide bonds. The second-order valence-electron chi connectivity index (χ2n) is 6.33. The molecule has 2 heterocycles. The van der Waals surface area contributed by atoms with Crippen molar-refractivity contribution in [2.45, 2.75) is 25.2 Å². The van der Waals surface area contributed by atoms with Crippen LogP contribution in [0.1, 0.15) is 18.3 Å². The lowest BCUT2D eigenvalue weighted by molar-refractivity contribution is -0.116. The Balaban J connectivity index is 1.95. The zero-order valence-electron chi connectivity index (χ0n) is 15.3. The number of carbonyl (C=O) groups excluding carboxylic acids is 1. The minimum absolute atomic E-state index is 0.00442. The maximum atomic E-state index is 13.4. The second kappa shape index (κ2) is 7.85. The third-order valence-corrected chi connectivity index (χ3v) is 5.38. The second-order valence-corrected chi connectivity index (χ2v) is 8.02. The molecule has 0 aliphatic heterocycles. The summed E-state index contributed by atoms with van der Waals surface area (Å²) in [5.41, 5.74) is 2.79. The smallest absolute Gasteiger partial charge is 0.262 e. The number of nitrogens with zero attached hydrogens (tertiary/aromatic N) is 2. The molecule has 3 rings (SSSR count). The van der Waals surface area contributed by atoms with Crippen molar-refractivity contribution in [3.8, 4) is 11.1 Å². The molecule has 8 heteroatoms. The van der Waals surface area contributed by atoms with Crippen LogP contribution in [0.25, 0.3) is 11.1 Å². The lowest BCUT2D eigenvalue weighted by Crippen LogP contribution is -2.14. The first-order valence-corrected chi connectivity index (χ1v) is 9.93. The molecule has 28 heavy (non-hydrogen) atoms. The quantitative estimate of drug-likeness (QED) is 0.685. The summed E-state index contributed by atoms with van der Waals surface area (Å²) in [4.78, 5) is 19.6. The van der Waals surface area contributed by atoms with Crippen molar-refractivity contribution >= 4 is 21.5 Å². The van der Waals surface area contributed by atoms with Crippen LogP contribution >= 0.6 is 0 Å². The van der Waals surface area contributed by atoms with Gasteiger partial charge in [0, 0.05) is 30.1 Å². The van der Waals surface area contributed by atoms with Crippen LogP contribution in [0.15, 0.2) is 59.8 Å². The normalized spacial score (nSPS) is 11.2. The van der Waals surface area contributed by atoms with Crippen molar-refractivity contribution in [1.29, 1.82) is 0 Å². The molecule has 0 atom stereocenters. The Morgan fingerprint density at radius 1 is 1.11 bits per heavy atom. The number of hydrogen-bond donors (Lipinski definition) is 1. The standard InChI is InChI=1S/C20H18FN3O3S/c1-13(25)8-18-9-15(6-7-22-18)16-10-20(14(2)23-12-16)24-28(26,27)19-5-3-4-17(21)11-19/h3-7,9-12,24H,8H2,1-2H3. The molecule has 0 aliphatic rings. The molecule has 3 aromatic rings. The van der Waals surface area contributed by atoms with Gasteiger partial charge in [0.15, 0.2) is 0 Å². The van der Waals surface area contributed by atoms with Gasteiger partial charge < -0.3 is 0 Å². The lowest BCUT2D eigenvalue weighted by atomic mass is 10.1. The van der Waals surface area contributed by atoms with Crippen molar-refractivity contribution < 1.29 is 17.6 Å². The summed E-state index contributed by atoms with van der Waals surface area (Å²) in [5, 5.41) is 0. The summed E-state index contributed by atoms with van der Waals surface area (Å²) in [7, 11) is -3.97. The molecule has 1 N–H and O–H groups in total. The van der Waals surface area contributed by atoms with E-state index in [1.807, 2.05) is 0 Å². The van der Waals surface area contributed by atoms with Gasteiger partial charge in [-0.15, -0.1) is 0 Å². The van der Waals surface area contributed by atoms with Gasteiger partial charge in [-0.05, 0) is 55.8 Å². The average molecular weight is 399 g/mol. The highest BCUT2D eigenvalue weighted by Crippen LogP contribution is 2.26. The zero-order chi connectivity index (χ0) is 20.3. The predicted octanol–water partition coefficient (Wildman–Crippen LogP) is 3.52. The molecule has 144 valence electrons. The van der Waals surface area contributed by atoms with Crippen molar-refractivity contribution in [2.75, 3.05) is 4.72 Å². The number of nitrogens with one attached hydrogen (secondary N) is 1. The Morgan fingerprint density at radius 3 is 2.61 bits per heavy atom. The van der Waals surface area contributed by atoms with Gasteiger partial charge in [0.1, 0.15) is 11.6 Å². The van der Waals surface area contributed by atoms with E-state index in [-0.39, 0.29) is 22.8 Å². The van der Waals surface area contributed by atoms with Crippen molar-refractivity contribution in [1.82, 2.24) is 9.97 Å². The van der Waals surface area contributed by atoms with Gasteiger partial charge >= 0.3 is 0 Å². The van der Waals surface area contributed by atoms with Crippen LogP contribution in [-0.4, -0.2) is 24.2 Å². The van der Waals surface area contributed by atoms with Gasteiger partial charge in [-0.25, -0.2) is 12.8 Å². The van der Waals surface area contributed by atoms with E-state index in [0.717, 1.165) is 11.6 Å². The Morgan fingerprint density at radius 2 is 1.89 bits per heavy atom. The maximum absolute atomic E-state index is 13.4. The van der Waals surface area contributed by atoms with E-state index in [0.29, 0.717) is 17.0 Å². The molecule has 0 aliphatic carbocycles. The number of aromatic nitrogens is 2. The largest absolute Gasteiger partial charge is 0.300 e. The molecule has 0 radical (unpaired) electrons. The molecule has 2 aromatic heterocycles. The Labute approximate surface area is 162 Å². The summed E-state index contributed by atoms with van der Waals surface area (Å²) < 4.78 is 41.0. The highest BCUT2D eigenvalue weighted by atomic mass is 32.2. The first-order valence-electron chi connectivity index (χ1n) is 8.44. The maximum Gasteiger partial charge on any atom is 0.262 e. The number of hydrogen-bond acceptors (Lipinski definition) is 5. The molecular formula is C20H18FN3O3S. The molecule has 0 saturated carbocycles. The van der Waals surface area contributed by atoms with Crippen LogP contribution in [0.4, 0.5) is 10.1 Å². The van der Waals surface area contributed by atoms with Crippen molar-refractivity contribution in [2.24, 2.45) is 0 Å². The van der Waals surface area contributed by atoms with E-state index < -0.39 is 15.8 Å². The van der Waals surface area contributed by atoms with Crippen LogP contribution in [0.2, 0.25) is 0 Å². The molecular weight excluding hydrogens is 381 g/mol. The molecule has 1 aromatic carbocycles. The Kier molecular flexibility index (Phi) is 5.51. The van der Waals surface area contributed by atoms with Gasteiger partial charge in [-0.2, -0.15) is 0 Å². The number of Topliss-reactive ketones (excluding diaryl/α,β-unsaturated/α-hetero) is 1. The summed E-state index contributed by atoms with van der Waals surface area (Å²) >= 11 is 0. The minimum Gasteiger partial charge on any atom is -0.300 e. The first-order chi connectivity index (χ1) is 13.2. The van der Waals surface area contributed by atoms with Gasteiger partial charge in [0.25, 0.3) is 10.0 Å². The van der Waals surface area contributed by atoms with Gasteiger partial charge in [-0.3, -0.25) is 19.5 Å². The van der Waals surface area contributed by atoms with E-state index in [4.69, 9.17) is 0 Å². The number of pyridine rings is 2. The van der Waals surface area contributed by atoms with E-state index in [9.17, 15) is 17.6 Å². The zero-order valence-corrected chi connectivity index (χ0v) is 16.1. The van der Waals surface area contributed by atoms with E-state index in [1.165, 1.54) is 25.1 Å². The summed E-state index contributed by atoms with van der Waals surface area (Å²) in [6.45, 7) is 3.15. The predicted molar refractivity (Wildman–Crippen MR) is 104 cm³/mol. The van der Waals surface area contributed by atoms with E-state index >= 15 is 0 Å². The number of carbonyl (C=O) groups is 1. The third kappa shape index (κ3) is 4.58. The van der Waals surface area contributed by atoms with Gasteiger partial charge in [0.2, 0.25) is 0 Å². The fourth-order valence-corrected chi connectivity index (χ4v) is 3.78. The fourth-order valence-electron chi connectivity index (χ4n) is 2.64. The van der Waals surface area contributed by atoms with Crippen LogP contribution in [-0.2, 0) is 21.2 Å². The highest BCUT2D eigenvalue weighted by Gasteiger charge is 2.17. The topological polar surface area (TPSA) is 89.0 Å². The molecule has 6 nitrogen and oxygen atoms in total.